The number of carboxylic acids is 1. The van der Waals surface area contributed by atoms with Crippen molar-refractivity contribution in [2.24, 2.45) is 0 Å². The van der Waals surface area contributed by atoms with E-state index in [1.807, 2.05) is 13.8 Å². The average molecular weight is 419 g/mol. The fourth-order valence-corrected chi connectivity index (χ4v) is 3.85. The van der Waals surface area contributed by atoms with Gasteiger partial charge in [-0.3, -0.25) is 4.79 Å². The van der Waals surface area contributed by atoms with E-state index in [4.69, 9.17) is 4.74 Å². The number of hydrogen-bond acceptors (Lipinski definition) is 6. The summed E-state index contributed by atoms with van der Waals surface area (Å²) in [6.45, 7) is 5.09. The molecule has 0 heterocycles. The number of ether oxygens (including phenoxy) is 1. The van der Waals surface area contributed by atoms with Crippen molar-refractivity contribution >= 4 is 27.6 Å². The van der Waals surface area contributed by atoms with Gasteiger partial charge in [-0.2, -0.15) is 0 Å². The molecule has 1 amide bonds. The van der Waals surface area contributed by atoms with Crippen molar-refractivity contribution in [1.82, 2.24) is 4.72 Å². The quantitative estimate of drug-likeness (QED) is 0.636. The SMILES string of the molecule is CC(=O)Nc1ccc(S(=O)(=O)NC(CC(=O)[O-])c2ccc(OC(C)C)cc2)cc1. The van der Waals surface area contributed by atoms with E-state index in [0.717, 1.165) is 0 Å². The number of sulfonamides is 1. The van der Waals surface area contributed by atoms with E-state index in [2.05, 4.69) is 10.0 Å². The normalized spacial score (nSPS) is 12.4. The molecule has 156 valence electrons. The first-order valence-electron chi connectivity index (χ1n) is 8.93. The maximum absolute atomic E-state index is 12.7. The maximum atomic E-state index is 12.7. The fourth-order valence-electron chi connectivity index (χ4n) is 2.62. The van der Waals surface area contributed by atoms with Crippen LogP contribution in [0.4, 0.5) is 5.69 Å². The van der Waals surface area contributed by atoms with Crippen LogP contribution in [-0.2, 0) is 19.6 Å². The highest BCUT2D eigenvalue weighted by molar-refractivity contribution is 7.89. The second-order valence-corrected chi connectivity index (χ2v) is 8.41. The number of carbonyl (C=O) groups is 2. The number of carboxylic acid groups (broad SMARTS) is 1. The zero-order chi connectivity index (χ0) is 21.6. The zero-order valence-corrected chi connectivity index (χ0v) is 17.2. The van der Waals surface area contributed by atoms with Crippen LogP contribution >= 0.6 is 0 Å². The van der Waals surface area contributed by atoms with Crippen molar-refractivity contribution in [3.05, 3.63) is 54.1 Å². The molecule has 2 N–H and O–H groups in total. The van der Waals surface area contributed by atoms with Gasteiger partial charge in [-0.15, -0.1) is 0 Å². The molecule has 2 rings (SSSR count). The molecule has 29 heavy (non-hydrogen) atoms. The second kappa shape index (κ2) is 9.53. The molecule has 9 heteroatoms. The molecule has 0 aliphatic carbocycles. The van der Waals surface area contributed by atoms with Gasteiger partial charge in [0.15, 0.2) is 0 Å². The van der Waals surface area contributed by atoms with Gasteiger partial charge < -0.3 is 20.0 Å². The highest BCUT2D eigenvalue weighted by Gasteiger charge is 2.22. The Morgan fingerprint density at radius 2 is 1.62 bits per heavy atom. The number of anilines is 1. The fraction of sp³-hybridized carbons (Fsp3) is 0.300. The van der Waals surface area contributed by atoms with Crippen LogP contribution in [0, 0.1) is 0 Å². The number of rotatable bonds is 9. The van der Waals surface area contributed by atoms with E-state index in [-0.39, 0.29) is 16.9 Å². The highest BCUT2D eigenvalue weighted by Crippen LogP contribution is 2.24. The van der Waals surface area contributed by atoms with Crippen LogP contribution in [0.3, 0.4) is 0 Å². The summed E-state index contributed by atoms with van der Waals surface area (Å²) < 4.78 is 33.4. The first kappa shape index (κ1) is 22.4. The summed E-state index contributed by atoms with van der Waals surface area (Å²) in [5, 5.41) is 13.7. The molecule has 0 spiro atoms. The van der Waals surface area contributed by atoms with Gasteiger partial charge in [0.25, 0.3) is 0 Å². The number of nitrogens with one attached hydrogen (secondary N) is 2. The number of aliphatic carboxylic acids is 1. The third-order valence-electron chi connectivity index (χ3n) is 3.81. The third-order valence-corrected chi connectivity index (χ3v) is 5.30. The van der Waals surface area contributed by atoms with Crippen LogP contribution in [0.1, 0.15) is 38.8 Å². The molecule has 0 aromatic heterocycles. The topological polar surface area (TPSA) is 125 Å². The minimum absolute atomic E-state index is 0.0289. The summed E-state index contributed by atoms with van der Waals surface area (Å²) in [4.78, 5) is 22.2. The Kier molecular flexibility index (Phi) is 7.35. The van der Waals surface area contributed by atoms with Crippen LogP contribution < -0.4 is 19.9 Å². The van der Waals surface area contributed by atoms with E-state index < -0.39 is 28.5 Å². The molecule has 2 aromatic carbocycles. The number of carbonyl (C=O) groups excluding carboxylic acids is 2. The van der Waals surface area contributed by atoms with E-state index >= 15 is 0 Å². The molecule has 0 aliphatic rings. The van der Waals surface area contributed by atoms with Gasteiger partial charge in [-0.25, -0.2) is 13.1 Å². The van der Waals surface area contributed by atoms with Gasteiger partial charge >= 0.3 is 0 Å². The van der Waals surface area contributed by atoms with Crippen LogP contribution in [0.25, 0.3) is 0 Å². The lowest BCUT2D eigenvalue weighted by atomic mass is 10.0. The summed E-state index contributed by atoms with van der Waals surface area (Å²) >= 11 is 0. The molecule has 0 bridgehead atoms. The first-order valence-corrected chi connectivity index (χ1v) is 10.4. The molecular weight excluding hydrogens is 396 g/mol. The van der Waals surface area contributed by atoms with Gasteiger partial charge in [0.1, 0.15) is 5.75 Å². The zero-order valence-electron chi connectivity index (χ0n) is 16.3. The van der Waals surface area contributed by atoms with Crippen molar-refractivity contribution in [1.29, 1.82) is 0 Å². The van der Waals surface area contributed by atoms with Gasteiger partial charge in [0, 0.05) is 25.0 Å². The Morgan fingerprint density at radius 1 is 1.03 bits per heavy atom. The second-order valence-electron chi connectivity index (χ2n) is 6.69. The minimum atomic E-state index is -4.01. The largest absolute Gasteiger partial charge is 0.550 e. The third kappa shape index (κ3) is 6.88. The van der Waals surface area contributed by atoms with Crippen LogP contribution in [-0.4, -0.2) is 26.4 Å². The minimum Gasteiger partial charge on any atom is -0.550 e. The summed E-state index contributed by atoms with van der Waals surface area (Å²) in [6, 6.07) is 11.0. The van der Waals surface area contributed by atoms with Crippen LogP contribution in [0.15, 0.2) is 53.4 Å². The number of benzene rings is 2. The van der Waals surface area contributed by atoms with Gasteiger partial charge in [0.05, 0.1) is 17.0 Å². The predicted molar refractivity (Wildman–Crippen MR) is 106 cm³/mol. The molecule has 0 saturated carbocycles. The van der Waals surface area contributed by atoms with Gasteiger partial charge in [-0.05, 0) is 55.8 Å². The van der Waals surface area contributed by atoms with Crippen molar-refractivity contribution < 1.29 is 27.9 Å². The van der Waals surface area contributed by atoms with Crippen molar-refractivity contribution in [2.75, 3.05) is 5.32 Å². The summed E-state index contributed by atoms with van der Waals surface area (Å²) in [5.41, 5.74) is 0.909. The monoisotopic (exact) mass is 419 g/mol. The van der Waals surface area contributed by atoms with E-state index in [9.17, 15) is 23.1 Å². The summed E-state index contributed by atoms with van der Waals surface area (Å²) in [6.07, 6.45) is -0.563. The molecule has 2 aromatic rings. The maximum Gasteiger partial charge on any atom is 0.241 e. The molecule has 0 aliphatic heterocycles. The standard InChI is InChI=1S/C20H24N2O6S/c1-13(2)28-17-8-4-15(5-9-17)19(12-20(24)25)22-29(26,27)18-10-6-16(7-11-18)21-14(3)23/h4-11,13,19,22H,12H2,1-3H3,(H,21,23)(H,24,25)/p-1. The smallest absolute Gasteiger partial charge is 0.241 e. The summed E-state index contributed by atoms with van der Waals surface area (Å²) in [7, 11) is -4.01. The van der Waals surface area contributed by atoms with E-state index in [1.54, 1.807) is 24.3 Å². The van der Waals surface area contributed by atoms with E-state index in [1.165, 1.54) is 31.2 Å². The molecule has 0 fully saturated rings. The highest BCUT2D eigenvalue weighted by atomic mass is 32.2. The van der Waals surface area contributed by atoms with Crippen LogP contribution in [0.5, 0.6) is 5.75 Å². The lowest BCUT2D eigenvalue weighted by Gasteiger charge is -2.20. The average Bonchev–Trinajstić information content (AvgIpc) is 2.60. The Bertz CT molecular complexity index is 953. The molecule has 1 atom stereocenters. The van der Waals surface area contributed by atoms with Crippen LogP contribution in [0.2, 0.25) is 0 Å². The lowest BCUT2D eigenvalue weighted by Crippen LogP contribution is -2.34. The lowest BCUT2D eigenvalue weighted by molar-refractivity contribution is -0.306. The summed E-state index contributed by atoms with van der Waals surface area (Å²) in [5.74, 6) is -1.08. The van der Waals surface area contributed by atoms with Crippen molar-refractivity contribution in [3.8, 4) is 5.75 Å². The number of hydrogen-bond donors (Lipinski definition) is 2. The Balaban J connectivity index is 2.24. The van der Waals surface area contributed by atoms with Crippen molar-refractivity contribution in [2.45, 2.75) is 44.2 Å². The van der Waals surface area contributed by atoms with E-state index in [0.29, 0.717) is 17.0 Å². The van der Waals surface area contributed by atoms with Gasteiger partial charge in [0.2, 0.25) is 15.9 Å². The Hall–Kier alpha value is -2.91. The van der Waals surface area contributed by atoms with Crippen molar-refractivity contribution in [3.63, 3.8) is 0 Å². The molecule has 0 radical (unpaired) electrons. The molecule has 1 unspecified atom stereocenters. The van der Waals surface area contributed by atoms with Gasteiger partial charge in [-0.1, -0.05) is 12.1 Å². The number of amides is 1. The first-order chi connectivity index (χ1) is 13.6. The molecule has 0 saturated heterocycles. The molecule has 8 nitrogen and oxygen atoms in total. The predicted octanol–water partition coefficient (Wildman–Crippen LogP) is 1.59. The molecular formula is C20H23N2O6S-. The Labute approximate surface area is 169 Å². The Morgan fingerprint density at radius 3 is 2.10 bits per heavy atom.